The van der Waals surface area contributed by atoms with Crippen LogP contribution in [0.4, 0.5) is 4.39 Å². The summed E-state index contributed by atoms with van der Waals surface area (Å²) in [6, 6.07) is 12.9. The van der Waals surface area contributed by atoms with Gasteiger partial charge in [-0.05, 0) is 29.2 Å². The quantitative estimate of drug-likeness (QED) is 0.783. The molecule has 0 spiro atoms. The highest BCUT2D eigenvalue weighted by molar-refractivity contribution is 7.88. The van der Waals surface area contributed by atoms with E-state index in [1.165, 1.54) is 6.07 Å². The fraction of sp³-hybridized carbons (Fsp3) is 0.316. The van der Waals surface area contributed by atoms with Crippen LogP contribution in [-0.4, -0.2) is 20.5 Å². The van der Waals surface area contributed by atoms with Gasteiger partial charge < -0.3 is 0 Å². The number of hydrogen-bond acceptors (Lipinski definition) is 3. The van der Waals surface area contributed by atoms with Crippen molar-refractivity contribution in [3.8, 4) is 0 Å². The number of sulfonamides is 1. The van der Waals surface area contributed by atoms with Crippen molar-refractivity contribution in [1.29, 1.82) is 0 Å². The molecule has 0 saturated carbocycles. The zero-order valence-electron chi connectivity index (χ0n) is 14.3. The SMILES string of the molecule is CCc1ccccc1C(CC(=O)Cc1ccccc1F)NS(C)(=O)=O. The highest BCUT2D eigenvalue weighted by atomic mass is 32.2. The van der Waals surface area contributed by atoms with E-state index in [0.717, 1.165) is 23.8 Å². The monoisotopic (exact) mass is 363 g/mol. The van der Waals surface area contributed by atoms with Gasteiger partial charge in [-0.2, -0.15) is 0 Å². The van der Waals surface area contributed by atoms with E-state index in [2.05, 4.69) is 4.72 Å². The van der Waals surface area contributed by atoms with Crippen LogP contribution >= 0.6 is 0 Å². The number of nitrogens with one attached hydrogen (secondary N) is 1. The summed E-state index contributed by atoms with van der Waals surface area (Å²) in [5.41, 5.74) is 2.06. The number of carbonyl (C=O) groups excluding carboxylic acids is 1. The van der Waals surface area contributed by atoms with Crippen LogP contribution in [-0.2, 0) is 27.7 Å². The number of benzene rings is 2. The zero-order chi connectivity index (χ0) is 18.4. The molecule has 2 aromatic rings. The lowest BCUT2D eigenvalue weighted by Crippen LogP contribution is -2.30. The Balaban J connectivity index is 2.24. The number of aryl methyl sites for hydroxylation is 1. The molecule has 1 N–H and O–H groups in total. The van der Waals surface area contributed by atoms with Crippen LogP contribution in [0.1, 0.15) is 36.1 Å². The molecule has 1 unspecified atom stereocenters. The van der Waals surface area contributed by atoms with Crippen LogP contribution in [0, 0.1) is 5.82 Å². The Labute approximate surface area is 148 Å². The van der Waals surface area contributed by atoms with Crippen molar-refractivity contribution >= 4 is 15.8 Å². The minimum Gasteiger partial charge on any atom is -0.299 e. The number of ketones is 1. The maximum absolute atomic E-state index is 13.7. The summed E-state index contributed by atoms with van der Waals surface area (Å²) in [5.74, 6) is -0.658. The maximum atomic E-state index is 13.7. The lowest BCUT2D eigenvalue weighted by molar-refractivity contribution is -0.118. The molecule has 25 heavy (non-hydrogen) atoms. The minimum atomic E-state index is -3.50. The molecular formula is C19H22FNO3S. The smallest absolute Gasteiger partial charge is 0.209 e. The van der Waals surface area contributed by atoms with Crippen molar-refractivity contribution in [2.75, 3.05) is 6.26 Å². The average Bonchev–Trinajstić information content (AvgIpc) is 2.55. The van der Waals surface area contributed by atoms with E-state index in [0.29, 0.717) is 5.56 Å². The first kappa shape index (κ1) is 19.3. The predicted octanol–water partition coefficient (Wildman–Crippen LogP) is 3.18. The number of Topliss-reactive ketones (excluding diaryl/α,β-unsaturated/α-hetero) is 1. The first-order chi connectivity index (χ1) is 11.8. The minimum absolute atomic E-state index is 0.0293. The number of hydrogen-bond donors (Lipinski definition) is 1. The summed E-state index contributed by atoms with van der Waals surface area (Å²) in [6.45, 7) is 1.97. The van der Waals surface area contributed by atoms with Gasteiger partial charge in [0.15, 0.2) is 0 Å². The second-order valence-electron chi connectivity index (χ2n) is 6.01. The van der Waals surface area contributed by atoms with E-state index in [-0.39, 0.29) is 18.6 Å². The molecule has 0 heterocycles. The highest BCUT2D eigenvalue weighted by Gasteiger charge is 2.22. The average molecular weight is 363 g/mol. The predicted molar refractivity (Wildman–Crippen MR) is 96.3 cm³/mol. The van der Waals surface area contributed by atoms with Gasteiger partial charge in [-0.25, -0.2) is 17.5 Å². The van der Waals surface area contributed by atoms with Crippen molar-refractivity contribution < 1.29 is 17.6 Å². The van der Waals surface area contributed by atoms with Gasteiger partial charge in [0, 0.05) is 12.8 Å². The molecule has 2 rings (SSSR count). The standard InChI is InChI=1S/C19H22FNO3S/c1-3-14-8-4-6-10-17(14)19(21-25(2,23)24)13-16(22)12-15-9-5-7-11-18(15)20/h4-11,19,21H,3,12-13H2,1-2H3. The first-order valence-electron chi connectivity index (χ1n) is 8.10. The maximum Gasteiger partial charge on any atom is 0.209 e. The molecule has 0 aliphatic carbocycles. The summed E-state index contributed by atoms with van der Waals surface area (Å²) < 4.78 is 39.7. The lowest BCUT2D eigenvalue weighted by Gasteiger charge is -2.20. The van der Waals surface area contributed by atoms with Gasteiger partial charge in [0.25, 0.3) is 0 Å². The van der Waals surface area contributed by atoms with Crippen LogP contribution in [0.15, 0.2) is 48.5 Å². The normalized spacial score (nSPS) is 12.8. The lowest BCUT2D eigenvalue weighted by atomic mass is 9.94. The molecule has 134 valence electrons. The van der Waals surface area contributed by atoms with E-state index in [4.69, 9.17) is 0 Å². The topological polar surface area (TPSA) is 63.2 Å². The van der Waals surface area contributed by atoms with Gasteiger partial charge >= 0.3 is 0 Å². The molecule has 0 fully saturated rings. The fourth-order valence-corrected chi connectivity index (χ4v) is 3.55. The van der Waals surface area contributed by atoms with Gasteiger partial charge in [0.05, 0.1) is 12.3 Å². The molecule has 6 heteroatoms. The molecule has 0 bridgehead atoms. The van der Waals surface area contributed by atoms with Gasteiger partial charge in [0.1, 0.15) is 11.6 Å². The Morgan fingerprint density at radius 1 is 1.08 bits per heavy atom. The molecule has 2 aromatic carbocycles. The second-order valence-corrected chi connectivity index (χ2v) is 7.79. The summed E-state index contributed by atoms with van der Waals surface area (Å²) in [4.78, 5) is 12.4. The largest absolute Gasteiger partial charge is 0.299 e. The summed E-state index contributed by atoms with van der Waals surface area (Å²) in [5, 5.41) is 0. The number of carbonyl (C=O) groups is 1. The van der Waals surface area contributed by atoms with Gasteiger partial charge in [-0.1, -0.05) is 49.4 Å². The third-order valence-corrected chi connectivity index (χ3v) is 4.66. The van der Waals surface area contributed by atoms with Crippen molar-refractivity contribution in [2.45, 2.75) is 32.2 Å². The molecule has 0 aliphatic rings. The van der Waals surface area contributed by atoms with E-state index < -0.39 is 21.9 Å². The van der Waals surface area contributed by atoms with Gasteiger partial charge in [0.2, 0.25) is 10.0 Å². The van der Waals surface area contributed by atoms with E-state index >= 15 is 0 Å². The van der Waals surface area contributed by atoms with Crippen LogP contribution in [0.3, 0.4) is 0 Å². The Kier molecular flexibility index (Phi) is 6.45. The van der Waals surface area contributed by atoms with Crippen LogP contribution in [0.25, 0.3) is 0 Å². The molecule has 0 aromatic heterocycles. The highest BCUT2D eigenvalue weighted by Crippen LogP contribution is 2.24. The third-order valence-electron chi connectivity index (χ3n) is 3.94. The Bertz CT molecular complexity index is 849. The second kappa shape index (κ2) is 8.36. The van der Waals surface area contributed by atoms with E-state index in [1.807, 2.05) is 31.2 Å². The van der Waals surface area contributed by atoms with Crippen LogP contribution in [0.2, 0.25) is 0 Å². The van der Waals surface area contributed by atoms with Gasteiger partial charge in [-0.3, -0.25) is 4.79 Å². The Morgan fingerprint density at radius 2 is 1.68 bits per heavy atom. The number of halogens is 1. The van der Waals surface area contributed by atoms with Gasteiger partial charge in [-0.15, -0.1) is 0 Å². The molecule has 1 atom stereocenters. The van der Waals surface area contributed by atoms with Crippen LogP contribution < -0.4 is 4.72 Å². The van der Waals surface area contributed by atoms with E-state index in [1.54, 1.807) is 18.2 Å². The molecule has 0 radical (unpaired) electrons. The van der Waals surface area contributed by atoms with Crippen molar-refractivity contribution in [3.05, 3.63) is 71.0 Å². The molecule has 0 saturated heterocycles. The Morgan fingerprint density at radius 3 is 2.28 bits per heavy atom. The summed E-state index contributed by atoms with van der Waals surface area (Å²) >= 11 is 0. The van der Waals surface area contributed by atoms with Crippen molar-refractivity contribution in [3.63, 3.8) is 0 Å². The third kappa shape index (κ3) is 5.76. The summed E-state index contributed by atoms with van der Waals surface area (Å²) in [6.07, 6.45) is 1.69. The molecule has 0 aliphatic heterocycles. The fourth-order valence-electron chi connectivity index (χ4n) is 2.82. The molecule has 0 amide bonds. The zero-order valence-corrected chi connectivity index (χ0v) is 15.1. The Hall–Kier alpha value is -2.05. The van der Waals surface area contributed by atoms with E-state index in [9.17, 15) is 17.6 Å². The van der Waals surface area contributed by atoms with Crippen molar-refractivity contribution in [1.82, 2.24) is 4.72 Å². The molecular weight excluding hydrogens is 341 g/mol. The molecule has 4 nitrogen and oxygen atoms in total. The first-order valence-corrected chi connectivity index (χ1v) is 9.99. The van der Waals surface area contributed by atoms with Crippen LogP contribution in [0.5, 0.6) is 0 Å². The number of rotatable bonds is 8. The summed E-state index contributed by atoms with van der Waals surface area (Å²) in [7, 11) is -3.50. The van der Waals surface area contributed by atoms with Crippen molar-refractivity contribution in [2.24, 2.45) is 0 Å².